The second-order valence-corrected chi connectivity index (χ2v) is 8.22. The van der Waals surface area contributed by atoms with Crippen LogP contribution in [-0.2, 0) is 20.8 Å². The number of nitrogens with two attached hydrogens (primary N) is 2. The van der Waals surface area contributed by atoms with Crippen molar-refractivity contribution in [1.82, 2.24) is 10.6 Å². The maximum Gasteiger partial charge on any atom is 0.325 e. The number of nitrogens with one attached hydrogen (secondary N) is 2. The molecule has 9 N–H and O–H groups in total. The molecule has 3 atom stereocenters. The van der Waals surface area contributed by atoms with E-state index >= 15 is 0 Å². The van der Waals surface area contributed by atoms with E-state index in [1.165, 1.54) is 13.0 Å². The first-order valence-electron chi connectivity index (χ1n) is 10.9. The molecule has 2 aromatic rings. The first-order valence-corrected chi connectivity index (χ1v) is 10.9. The zero-order valence-electron chi connectivity index (χ0n) is 19.2. The number of aryl methyl sites for hydroxylation is 1. The van der Waals surface area contributed by atoms with E-state index in [1.54, 1.807) is 37.3 Å². The summed E-state index contributed by atoms with van der Waals surface area (Å²) in [5.41, 5.74) is 14.3. The summed E-state index contributed by atoms with van der Waals surface area (Å²) in [6.45, 7) is 3.38. The van der Waals surface area contributed by atoms with Crippen molar-refractivity contribution in [1.29, 1.82) is 0 Å². The second-order valence-electron chi connectivity index (χ2n) is 8.22. The monoisotopic (exact) mass is 472 g/mol. The number of hydrogen-bond donors (Lipinski definition) is 7. The molecule has 184 valence electrons. The van der Waals surface area contributed by atoms with E-state index < -0.39 is 35.9 Å². The van der Waals surface area contributed by atoms with Gasteiger partial charge in [0.15, 0.2) is 0 Å². The molecule has 2 amide bonds. The predicted molar refractivity (Wildman–Crippen MR) is 127 cm³/mol. The van der Waals surface area contributed by atoms with Crippen molar-refractivity contribution in [2.24, 2.45) is 11.5 Å². The van der Waals surface area contributed by atoms with E-state index in [9.17, 15) is 24.6 Å². The highest BCUT2D eigenvalue weighted by Gasteiger charge is 2.26. The Morgan fingerprint density at radius 2 is 1.59 bits per heavy atom. The van der Waals surface area contributed by atoms with E-state index in [2.05, 4.69) is 10.6 Å². The standard InChI is InChI=1S/C24H32N4O6/c1-13-10-15(5-7-20(13)29)16-6-8-21(30)17(11-16)12-18(26)22(31)28-19(4-3-9-25)23(32)27-14(2)24(33)34/h5-8,10-11,14,18-19,29-30H,3-4,9,12,25-26H2,1-2H3,(H,27,32)(H,28,31)(H,33,34)/t14?,18-,19-/m0/s1. The van der Waals surface area contributed by atoms with Crippen LogP contribution in [0.2, 0.25) is 0 Å². The Balaban J connectivity index is 2.14. The molecule has 34 heavy (non-hydrogen) atoms. The zero-order chi connectivity index (χ0) is 25.4. The van der Waals surface area contributed by atoms with Gasteiger partial charge in [-0.2, -0.15) is 0 Å². The molecule has 1 unspecified atom stereocenters. The van der Waals surface area contributed by atoms with E-state index in [4.69, 9.17) is 16.6 Å². The van der Waals surface area contributed by atoms with Crippen molar-refractivity contribution in [3.8, 4) is 22.6 Å². The maximum atomic E-state index is 12.7. The number of aliphatic carboxylic acids is 1. The molecule has 0 spiro atoms. The van der Waals surface area contributed by atoms with Gasteiger partial charge in [0.05, 0.1) is 6.04 Å². The van der Waals surface area contributed by atoms with Crippen molar-refractivity contribution in [2.45, 2.75) is 51.2 Å². The molecule has 2 aromatic carbocycles. The van der Waals surface area contributed by atoms with Crippen LogP contribution in [0.25, 0.3) is 11.1 Å². The van der Waals surface area contributed by atoms with E-state index in [0.717, 1.165) is 11.1 Å². The van der Waals surface area contributed by atoms with Crippen molar-refractivity contribution >= 4 is 17.8 Å². The molecule has 0 saturated heterocycles. The van der Waals surface area contributed by atoms with Crippen LogP contribution in [-0.4, -0.2) is 57.8 Å². The van der Waals surface area contributed by atoms with Gasteiger partial charge in [-0.25, -0.2) is 0 Å². The smallest absolute Gasteiger partial charge is 0.325 e. The predicted octanol–water partition coefficient (Wildman–Crippen LogP) is 0.756. The van der Waals surface area contributed by atoms with Crippen LogP contribution in [0, 0.1) is 6.92 Å². The Kier molecular flexibility index (Phi) is 9.40. The topological polar surface area (TPSA) is 188 Å². The highest BCUT2D eigenvalue weighted by Crippen LogP contribution is 2.29. The third-order valence-electron chi connectivity index (χ3n) is 5.45. The molecular formula is C24H32N4O6. The third kappa shape index (κ3) is 7.19. The van der Waals surface area contributed by atoms with Gasteiger partial charge in [0.2, 0.25) is 11.8 Å². The summed E-state index contributed by atoms with van der Waals surface area (Å²) in [5.74, 6) is -2.32. The van der Waals surface area contributed by atoms with Crippen LogP contribution in [0.5, 0.6) is 11.5 Å². The van der Waals surface area contributed by atoms with Crippen molar-refractivity contribution in [3.05, 3.63) is 47.5 Å². The minimum Gasteiger partial charge on any atom is -0.508 e. The molecule has 10 nitrogen and oxygen atoms in total. The molecule has 0 bridgehead atoms. The van der Waals surface area contributed by atoms with Crippen molar-refractivity contribution < 1.29 is 29.7 Å². The molecule has 0 radical (unpaired) electrons. The molecular weight excluding hydrogens is 440 g/mol. The maximum absolute atomic E-state index is 12.7. The molecule has 0 aliphatic rings. The summed E-state index contributed by atoms with van der Waals surface area (Å²) >= 11 is 0. The van der Waals surface area contributed by atoms with Crippen LogP contribution in [0.3, 0.4) is 0 Å². The van der Waals surface area contributed by atoms with Crippen LogP contribution >= 0.6 is 0 Å². The summed E-state index contributed by atoms with van der Waals surface area (Å²) in [6.07, 6.45) is 0.650. The fourth-order valence-electron chi connectivity index (χ4n) is 3.34. The Hall–Kier alpha value is -3.63. The summed E-state index contributed by atoms with van der Waals surface area (Å²) in [4.78, 5) is 36.2. The second kappa shape index (κ2) is 12.0. The van der Waals surface area contributed by atoms with Gasteiger partial charge in [-0.05, 0) is 79.8 Å². The average Bonchev–Trinajstić information content (AvgIpc) is 2.79. The SMILES string of the molecule is Cc1cc(-c2ccc(O)c(C[C@H](N)C(=O)N[C@@H](CCCN)C(=O)NC(C)C(=O)O)c2)ccc1O. The Morgan fingerprint density at radius 1 is 0.971 bits per heavy atom. The number of rotatable bonds is 11. The number of carbonyl (C=O) groups is 3. The lowest BCUT2D eigenvalue weighted by molar-refractivity contribution is -0.141. The third-order valence-corrected chi connectivity index (χ3v) is 5.45. The number of amides is 2. The Morgan fingerprint density at radius 3 is 2.18 bits per heavy atom. The van der Waals surface area contributed by atoms with Crippen LogP contribution < -0.4 is 22.1 Å². The molecule has 0 aliphatic heterocycles. The van der Waals surface area contributed by atoms with Gasteiger partial charge in [-0.1, -0.05) is 12.1 Å². The van der Waals surface area contributed by atoms with Crippen molar-refractivity contribution in [3.63, 3.8) is 0 Å². The number of benzene rings is 2. The minimum atomic E-state index is -1.20. The fraction of sp³-hybridized carbons (Fsp3) is 0.375. The molecule has 2 rings (SSSR count). The fourth-order valence-corrected chi connectivity index (χ4v) is 3.34. The summed E-state index contributed by atoms with van der Waals surface area (Å²) in [6, 6.07) is 6.85. The number of carboxylic acids is 1. The van der Waals surface area contributed by atoms with Crippen LogP contribution in [0.15, 0.2) is 36.4 Å². The molecule has 0 heterocycles. The Bertz CT molecular complexity index is 1040. The van der Waals surface area contributed by atoms with E-state index in [-0.39, 0.29) is 30.9 Å². The van der Waals surface area contributed by atoms with Gasteiger partial charge in [0.1, 0.15) is 23.6 Å². The lowest BCUT2D eigenvalue weighted by Crippen LogP contribution is -2.54. The van der Waals surface area contributed by atoms with Gasteiger partial charge >= 0.3 is 5.97 Å². The van der Waals surface area contributed by atoms with E-state index in [1.807, 2.05) is 0 Å². The number of carboxylic acid groups (broad SMARTS) is 1. The normalized spacial score (nSPS) is 13.5. The minimum absolute atomic E-state index is 0.000666. The van der Waals surface area contributed by atoms with Crippen LogP contribution in [0.1, 0.15) is 30.9 Å². The van der Waals surface area contributed by atoms with Gasteiger partial charge < -0.3 is 37.4 Å². The molecule has 0 saturated carbocycles. The van der Waals surface area contributed by atoms with Gasteiger partial charge in [-0.3, -0.25) is 14.4 Å². The van der Waals surface area contributed by atoms with Gasteiger partial charge in [-0.15, -0.1) is 0 Å². The van der Waals surface area contributed by atoms with Crippen LogP contribution in [0.4, 0.5) is 0 Å². The summed E-state index contributed by atoms with van der Waals surface area (Å²) in [5, 5.41) is 33.9. The molecule has 0 aliphatic carbocycles. The first kappa shape index (κ1) is 26.6. The molecule has 0 fully saturated rings. The van der Waals surface area contributed by atoms with Crippen molar-refractivity contribution in [2.75, 3.05) is 6.54 Å². The number of phenolic OH excluding ortho intramolecular Hbond substituents is 2. The highest BCUT2D eigenvalue weighted by atomic mass is 16.4. The molecule has 10 heteroatoms. The number of hydrogen-bond acceptors (Lipinski definition) is 7. The first-order chi connectivity index (χ1) is 16.0. The number of phenols is 2. The lowest BCUT2D eigenvalue weighted by Gasteiger charge is -2.22. The van der Waals surface area contributed by atoms with Gasteiger partial charge in [0.25, 0.3) is 0 Å². The quantitative estimate of drug-likeness (QED) is 0.249. The molecule has 0 aromatic heterocycles. The average molecular weight is 473 g/mol. The Labute approximate surface area is 198 Å². The summed E-state index contributed by atoms with van der Waals surface area (Å²) < 4.78 is 0. The summed E-state index contributed by atoms with van der Waals surface area (Å²) in [7, 11) is 0. The van der Waals surface area contributed by atoms with Gasteiger partial charge in [0, 0.05) is 6.42 Å². The largest absolute Gasteiger partial charge is 0.508 e. The highest BCUT2D eigenvalue weighted by molar-refractivity contribution is 5.91. The lowest BCUT2D eigenvalue weighted by atomic mass is 9.97. The number of carbonyl (C=O) groups excluding carboxylic acids is 2. The zero-order valence-corrected chi connectivity index (χ0v) is 19.2. The van der Waals surface area contributed by atoms with E-state index in [0.29, 0.717) is 17.5 Å². The number of aromatic hydroxyl groups is 2.